The van der Waals surface area contributed by atoms with E-state index in [-0.39, 0.29) is 0 Å². The van der Waals surface area contributed by atoms with Crippen molar-refractivity contribution in [3.8, 4) is 33.5 Å². The van der Waals surface area contributed by atoms with Gasteiger partial charge in [0.05, 0.1) is 22.9 Å². The molecular weight excluding hydrogens is 452 g/mol. The van der Waals surface area contributed by atoms with Gasteiger partial charge in [0.2, 0.25) is 0 Å². The Kier molecular flexibility index (Phi) is 5.14. The Morgan fingerprint density at radius 3 is 1.92 bits per heavy atom. The van der Waals surface area contributed by atoms with Crippen molar-refractivity contribution in [2.24, 2.45) is 0 Å². The van der Waals surface area contributed by atoms with Gasteiger partial charge in [0.25, 0.3) is 0 Å². The molecule has 0 radical (unpaired) electrons. The largest absolute Gasteiger partial charge is 0.342 e. The second kappa shape index (κ2) is 8.44. The molecule has 0 bridgehead atoms. The van der Waals surface area contributed by atoms with Gasteiger partial charge in [0.1, 0.15) is 11.6 Å². The van der Waals surface area contributed by atoms with E-state index < -0.39 is 0 Å². The van der Waals surface area contributed by atoms with Crippen LogP contribution in [0.5, 0.6) is 0 Å². The number of nitrogens with one attached hydrogen (secondary N) is 2. The summed E-state index contributed by atoms with van der Waals surface area (Å²) in [5.74, 6) is 3.01. The van der Waals surface area contributed by atoms with Crippen molar-refractivity contribution in [1.29, 1.82) is 0 Å². The molecule has 1 unspecified atom stereocenters. The molecule has 0 saturated heterocycles. The van der Waals surface area contributed by atoms with Crippen molar-refractivity contribution in [2.75, 3.05) is 0 Å². The molecule has 186 valence electrons. The van der Waals surface area contributed by atoms with Gasteiger partial charge in [-0.05, 0) is 101 Å². The van der Waals surface area contributed by atoms with Crippen LogP contribution in [0.15, 0.2) is 48.7 Å². The fourth-order valence-electron chi connectivity index (χ4n) is 6.24. The number of imidazole rings is 2. The molecule has 3 aromatic carbocycles. The van der Waals surface area contributed by atoms with Gasteiger partial charge in [0, 0.05) is 17.4 Å². The Morgan fingerprint density at radius 2 is 1.35 bits per heavy atom. The third-order valence-corrected chi connectivity index (χ3v) is 8.55. The molecule has 2 aliphatic rings. The first-order valence-corrected chi connectivity index (χ1v) is 13.9. The number of rotatable bonds is 5. The van der Waals surface area contributed by atoms with Crippen molar-refractivity contribution in [3.05, 3.63) is 82.6 Å². The number of aryl methyl sites for hydroxylation is 4. The Bertz CT molecular complexity index is 1620. The lowest BCUT2D eigenvalue weighted by atomic mass is 9.74. The molecule has 4 heteroatoms. The van der Waals surface area contributed by atoms with E-state index in [1.165, 1.54) is 50.1 Å². The molecule has 7 rings (SSSR count). The highest BCUT2D eigenvalue weighted by atomic mass is 14.9. The fourth-order valence-corrected chi connectivity index (χ4v) is 6.24. The zero-order valence-corrected chi connectivity index (χ0v) is 22.2. The van der Waals surface area contributed by atoms with Crippen LogP contribution in [-0.4, -0.2) is 19.9 Å². The highest BCUT2D eigenvalue weighted by Gasteiger charge is 2.27. The second-order valence-corrected chi connectivity index (χ2v) is 11.3. The number of fused-ring (bicyclic) bond motifs is 1. The number of benzene rings is 3. The van der Waals surface area contributed by atoms with Crippen LogP contribution in [0.4, 0.5) is 0 Å². The highest BCUT2D eigenvalue weighted by Crippen LogP contribution is 2.45. The molecule has 0 fully saturated rings. The van der Waals surface area contributed by atoms with Crippen LogP contribution >= 0.6 is 0 Å². The van der Waals surface area contributed by atoms with Crippen LogP contribution in [0.25, 0.3) is 44.5 Å². The number of hydrogen-bond acceptors (Lipinski definition) is 2. The quantitative estimate of drug-likeness (QED) is 0.263. The molecule has 5 aromatic rings. The second-order valence-electron chi connectivity index (χ2n) is 11.3. The summed E-state index contributed by atoms with van der Waals surface area (Å²) in [6, 6.07) is 16.4. The Hall–Kier alpha value is -3.66. The summed E-state index contributed by atoms with van der Waals surface area (Å²) in [7, 11) is 0. The zero-order chi connectivity index (χ0) is 25.3. The van der Waals surface area contributed by atoms with Crippen LogP contribution in [0.3, 0.4) is 0 Å². The predicted molar refractivity (Wildman–Crippen MR) is 152 cm³/mol. The lowest BCUT2D eigenvalue weighted by molar-refractivity contribution is 0.692. The van der Waals surface area contributed by atoms with E-state index in [1.54, 1.807) is 0 Å². The summed E-state index contributed by atoms with van der Waals surface area (Å²) < 4.78 is 0. The maximum absolute atomic E-state index is 4.83. The number of hydrogen-bond donors (Lipinski definition) is 2. The molecule has 2 N–H and O–H groups in total. The van der Waals surface area contributed by atoms with Crippen LogP contribution in [0.1, 0.15) is 79.9 Å². The van der Waals surface area contributed by atoms with Crippen LogP contribution in [0.2, 0.25) is 0 Å². The fraction of sp³-hybridized carbons (Fsp3) is 0.333. The summed E-state index contributed by atoms with van der Waals surface area (Å²) in [5.41, 5.74) is 16.2. The maximum Gasteiger partial charge on any atom is 0.110 e. The number of nitrogens with zero attached hydrogens (tertiary/aromatic N) is 2. The third kappa shape index (κ3) is 3.65. The molecule has 0 aliphatic heterocycles. The van der Waals surface area contributed by atoms with Gasteiger partial charge in [-0.15, -0.1) is 0 Å². The van der Waals surface area contributed by atoms with E-state index in [0.29, 0.717) is 11.8 Å². The maximum atomic E-state index is 4.83. The summed E-state index contributed by atoms with van der Waals surface area (Å²) in [5, 5.41) is 0. The minimum absolute atomic E-state index is 0.407. The van der Waals surface area contributed by atoms with Crippen molar-refractivity contribution >= 4 is 11.0 Å². The predicted octanol–water partition coefficient (Wildman–Crippen LogP) is 8.12. The van der Waals surface area contributed by atoms with E-state index in [1.807, 2.05) is 6.20 Å². The normalized spacial score (nSPS) is 14.8. The first-order chi connectivity index (χ1) is 18.0. The summed E-state index contributed by atoms with van der Waals surface area (Å²) in [6.45, 7) is 8.82. The van der Waals surface area contributed by atoms with Gasteiger partial charge >= 0.3 is 0 Å². The average Bonchev–Trinajstić information content (AvgIpc) is 3.58. The molecule has 4 nitrogen and oxygen atoms in total. The summed E-state index contributed by atoms with van der Waals surface area (Å²) in [4.78, 5) is 16.6. The lowest BCUT2D eigenvalue weighted by Gasteiger charge is -2.30. The first-order valence-electron chi connectivity index (χ1n) is 13.9. The van der Waals surface area contributed by atoms with E-state index >= 15 is 0 Å². The van der Waals surface area contributed by atoms with Gasteiger partial charge in [-0.3, -0.25) is 0 Å². The van der Waals surface area contributed by atoms with Gasteiger partial charge in [0.15, 0.2) is 0 Å². The number of aromatic nitrogens is 4. The van der Waals surface area contributed by atoms with E-state index in [2.05, 4.69) is 85.1 Å². The van der Waals surface area contributed by atoms with E-state index in [9.17, 15) is 0 Å². The van der Waals surface area contributed by atoms with Gasteiger partial charge in [-0.1, -0.05) is 45.9 Å². The van der Waals surface area contributed by atoms with Crippen molar-refractivity contribution < 1.29 is 0 Å². The van der Waals surface area contributed by atoms with Crippen LogP contribution in [-0.2, 0) is 25.7 Å². The first kappa shape index (κ1) is 22.5. The van der Waals surface area contributed by atoms with Crippen molar-refractivity contribution in [2.45, 2.75) is 71.6 Å². The molecule has 0 saturated carbocycles. The van der Waals surface area contributed by atoms with E-state index in [0.717, 1.165) is 60.5 Å². The Labute approximate surface area is 218 Å². The standard InChI is InChI=1S/C33H34N4/c1-5-19(4)33-35-27-11-10-20(16-28(27)36-33)25-12-21-6-8-23-14-26(29-17-34-32(37-29)18(2)3)15-24-9-7-22(13-25)30(21)31(23)24/h10-19H,5-9H2,1-4H3,(H,34,37)(H,35,36). The van der Waals surface area contributed by atoms with Gasteiger partial charge in [-0.25, -0.2) is 9.97 Å². The smallest absolute Gasteiger partial charge is 0.110 e. The van der Waals surface area contributed by atoms with Crippen LogP contribution < -0.4 is 0 Å². The van der Waals surface area contributed by atoms with Crippen molar-refractivity contribution in [3.63, 3.8) is 0 Å². The minimum Gasteiger partial charge on any atom is -0.342 e. The molecule has 0 spiro atoms. The Morgan fingerprint density at radius 1 is 0.730 bits per heavy atom. The van der Waals surface area contributed by atoms with Gasteiger partial charge in [-0.2, -0.15) is 0 Å². The van der Waals surface area contributed by atoms with E-state index in [4.69, 9.17) is 4.98 Å². The minimum atomic E-state index is 0.407. The molecule has 2 aliphatic carbocycles. The topological polar surface area (TPSA) is 57.4 Å². The zero-order valence-electron chi connectivity index (χ0n) is 22.2. The number of H-pyrrole nitrogens is 2. The molecule has 2 aromatic heterocycles. The molecular formula is C33H34N4. The van der Waals surface area contributed by atoms with Gasteiger partial charge < -0.3 is 9.97 Å². The molecule has 0 amide bonds. The lowest BCUT2D eigenvalue weighted by Crippen LogP contribution is -2.14. The summed E-state index contributed by atoms with van der Waals surface area (Å²) in [6.07, 6.45) is 7.47. The molecule has 1 atom stereocenters. The highest BCUT2D eigenvalue weighted by molar-refractivity contribution is 5.87. The average molecular weight is 487 g/mol. The third-order valence-electron chi connectivity index (χ3n) is 8.55. The number of aromatic amines is 2. The SMILES string of the molecule is CCC(C)c1nc2ccc(-c3cc4c5c(c3)CCc3cc(-c6cnc(C(C)C)[nH]6)cc(c3-5)CC4)cc2[nH]1. The molecule has 37 heavy (non-hydrogen) atoms. The summed E-state index contributed by atoms with van der Waals surface area (Å²) >= 11 is 0. The molecule has 2 heterocycles. The monoisotopic (exact) mass is 486 g/mol. The van der Waals surface area contributed by atoms with Crippen molar-refractivity contribution in [1.82, 2.24) is 19.9 Å². The van der Waals surface area contributed by atoms with Crippen LogP contribution in [0, 0.1) is 0 Å². The Balaban J connectivity index is 1.29.